The minimum absolute atomic E-state index is 0.0443. The molecule has 0 aliphatic carbocycles. The first-order valence-corrected chi connectivity index (χ1v) is 6.17. The van der Waals surface area contributed by atoms with Gasteiger partial charge in [0.2, 0.25) is 0 Å². The second-order valence-corrected chi connectivity index (χ2v) is 4.41. The Hall–Kier alpha value is -2.95. The van der Waals surface area contributed by atoms with Crippen LogP contribution < -0.4 is 0 Å². The van der Waals surface area contributed by atoms with Gasteiger partial charge in [0.1, 0.15) is 0 Å². The van der Waals surface area contributed by atoms with Gasteiger partial charge in [0.15, 0.2) is 5.78 Å². The molecule has 5 nitrogen and oxygen atoms in total. The molecule has 0 fully saturated rings. The van der Waals surface area contributed by atoms with Gasteiger partial charge >= 0.3 is 11.9 Å². The number of aliphatic carboxylic acids is 1. The lowest BCUT2D eigenvalue weighted by molar-refractivity contribution is -0.136. The van der Waals surface area contributed by atoms with Gasteiger partial charge in [0.05, 0.1) is 12.0 Å². The molecule has 0 radical (unpaired) electrons. The Kier molecular flexibility index (Phi) is 4.13. The normalized spacial score (nSPS) is 10.1. The van der Waals surface area contributed by atoms with Crippen LogP contribution in [0.2, 0.25) is 0 Å². The van der Waals surface area contributed by atoms with Gasteiger partial charge < -0.3 is 10.2 Å². The highest BCUT2D eigenvalue weighted by molar-refractivity contribution is 6.15. The monoisotopic (exact) mass is 284 g/mol. The molecule has 106 valence electrons. The summed E-state index contributed by atoms with van der Waals surface area (Å²) in [6.07, 6.45) is -0.294. The van der Waals surface area contributed by atoms with Crippen LogP contribution in [0, 0.1) is 0 Å². The Morgan fingerprint density at radius 3 is 1.86 bits per heavy atom. The second kappa shape index (κ2) is 6.00. The number of rotatable bonds is 5. The molecule has 2 rings (SSSR count). The first-order valence-electron chi connectivity index (χ1n) is 6.17. The second-order valence-electron chi connectivity index (χ2n) is 4.41. The Balaban J connectivity index is 2.51. The minimum atomic E-state index is -1.20. The van der Waals surface area contributed by atoms with E-state index in [0.717, 1.165) is 0 Å². The van der Waals surface area contributed by atoms with Crippen molar-refractivity contribution in [3.8, 4) is 0 Å². The average Bonchev–Trinajstić information content (AvgIpc) is 2.46. The molecular weight excluding hydrogens is 272 g/mol. The van der Waals surface area contributed by atoms with E-state index in [9.17, 15) is 14.4 Å². The van der Waals surface area contributed by atoms with Crippen LogP contribution in [-0.4, -0.2) is 27.9 Å². The van der Waals surface area contributed by atoms with Crippen LogP contribution >= 0.6 is 0 Å². The third-order valence-electron chi connectivity index (χ3n) is 3.01. The molecule has 0 spiro atoms. The Labute approximate surface area is 120 Å². The summed E-state index contributed by atoms with van der Waals surface area (Å²) in [5.41, 5.74) is 0.499. The molecule has 0 atom stereocenters. The molecule has 0 unspecified atom stereocenters. The zero-order valence-corrected chi connectivity index (χ0v) is 10.9. The van der Waals surface area contributed by atoms with Crippen LogP contribution in [0.3, 0.4) is 0 Å². The molecule has 0 amide bonds. The van der Waals surface area contributed by atoms with E-state index in [1.54, 1.807) is 24.3 Å². The van der Waals surface area contributed by atoms with Crippen molar-refractivity contribution in [2.75, 3.05) is 0 Å². The molecule has 0 saturated heterocycles. The largest absolute Gasteiger partial charge is 0.481 e. The topological polar surface area (TPSA) is 91.7 Å². The standard InChI is InChI=1S/C16H12O5/c17-14(18)9-10-5-1-2-6-11(10)15(19)12-7-3-4-8-13(12)16(20)21/h1-8H,9H2,(H,17,18)(H,20,21). The molecule has 0 aliphatic rings. The maximum absolute atomic E-state index is 12.5. The fourth-order valence-corrected chi connectivity index (χ4v) is 2.07. The van der Waals surface area contributed by atoms with Gasteiger partial charge in [-0.3, -0.25) is 9.59 Å². The van der Waals surface area contributed by atoms with Crippen LogP contribution in [-0.2, 0) is 11.2 Å². The van der Waals surface area contributed by atoms with Crippen molar-refractivity contribution < 1.29 is 24.6 Å². The zero-order valence-electron chi connectivity index (χ0n) is 10.9. The number of carboxylic acid groups (broad SMARTS) is 2. The lowest BCUT2D eigenvalue weighted by Gasteiger charge is -2.09. The average molecular weight is 284 g/mol. The lowest BCUT2D eigenvalue weighted by atomic mass is 9.94. The van der Waals surface area contributed by atoms with Gasteiger partial charge in [0.25, 0.3) is 0 Å². The smallest absolute Gasteiger partial charge is 0.336 e. The molecule has 2 aromatic rings. The fourth-order valence-electron chi connectivity index (χ4n) is 2.07. The van der Waals surface area contributed by atoms with Gasteiger partial charge in [-0.05, 0) is 11.6 Å². The third-order valence-corrected chi connectivity index (χ3v) is 3.01. The summed E-state index contributed by atoms with van der Waals surface area (Å²) < 4.78 is 0. The first-order chi connectivity index (χ1) is 10.0. The number of hydrogen-bond acceptors (Lipinski definition) is 3. The summed E-state index contributed by atoms with van der Waals surface area (Å²) in [5, 5.41) is 18.0. The maximum atomic E-state index is 12.5. The van der Waals surface area contributed by atoms with Gasteiger partial charge in [-0.25, -0.2) is 4.79 Å². The van der Waals surface area contributed by atoms with E-state index in [1.807, 2.05) is 0 Å². The van der Waals surface area contributed by atoms with E-state index < -0.39 is 17.7 Å². The van der Waals surface area contributed by atoms with Crippen molar-refractivity contribution >= 4 is 17.7 Å². The summed E-state index contributed by atoms with van der Waals surface area (Å²) in [5.74, 6) is -2.75. The van der Waals surface area contributed by atoms with E-state index in [0.29, 0.717) is 5.56 Å². The van der Waals surface area contributed by atoms with Crippen LogP contribution in [0.4, 0.5) is 0 Å². The Bertz CT molecular complexity index is 718. The summed E-state index contributed by atoms with van der Waals surface area (Å²) in [6, 6.07) is 12.2. The number of carbonyl (C=O) groups is 3. The lowest BCUT2D eigenvalue weighted by Crippen LogP contribution is -2.13. The summed E-state index contributed by atoms with van der Waals surface area (Å²) >= 11 is 0. The SMILES string of the molecule is O=C(O)Cc1ccccc1C(=O)c1ccccc1C(=O)O. The van der Waals surface area contributed by atoms with E-state index >= 15 is 0 Å². The van der Waals surface area contributed by atoms with Crippen LogP contribution in [0.15, 0.2) is 48.5 Å². The van der Waals surface area contributed by atoms with Gasteiger partial charge in [-0.2, -0.15) is 0 Å². The molecule has 0 aliphatic heterocycles. The number of aromatic carboxylic acids is 1. The predicted octanol–water partition coefficient (Wildman–Crippen LogP) is 2.24. The van der Waals surface area contributed by atoms with Crippen molar-refractivity contribution in [1.82, 2.24) is 0 Å². The predicted molar refractivity (Wildman–Crippen MR) is 74.6 cm³/mol. The molecule has 2 aromatic carbocycles. The van der Waals surface area contributed by atoms with E-state index in [4.69, 9.17) is 10.2 Å². The van der Waals surface area contributed by atoms with Crippen molar-refractivity contribution in [2.45, 2.75) is 6.42 Å². The van der Waals surface area contributed by atoms with E-state index in [2.05, 4.69) is 0 Å². The van der Waals surface area contributed by atoms with Crippen molar-refractivity contribution in [2.24, 2.45) is 0 Å². The highest BCUT2D eigenvalue weighted by Crippen LogP contribution is 2.18. The van der Waals surface area contributed by atoms with Gasteiger partial charge in [0, 0.05) is 11.1 Å². The number of ketones is 1. The molecule has 0 aromatic heterocycles. The first kappa shape index (κ1) is 14.5. The summed E-state index contributed by atoms with van der Waals surface area (Å²) in [6.45, 7) is 0. The third kappa shape index (κ3) is 3.14. The van der Waals surface area contributed by atoms with Crippen LogP contribution in [0.5, 0.6) is 0 Å². The quantitative estimate of drug-likeness (QED) is 0.821. The minimum Gasteiger partial charge on any atom is -0.481 e. The number of hydrogen-bond donors (Lipinski definition) is 2. The molecule has 0 saturated carbocycles. The highest BCUT2D eigenvalue weighted by atomic mass is 16.4. The fraction of sp³-hybridized carbons (Fsp3) is 0.0625. The van der Waals surface area contributed by atoms with Crippen LogP contribution in [0.25, 0.3) is 0 Å². The molecule has 0 bridgehead atoms. The van der Waals surface area contributed by atoms with Crippen molar-refractivity contribution in [3.05, 3.63) is 70.8 Å². The van der Waals surface area contributed by atoms with E-state index in [-0.39, 0.29) is 23.1 Å². The van der Waals surface area contributed by atoms with E-state index in [1.165, 1.54) is 24.3 Å². The van der Waals surface area contributed by atoms with Crippen LogP contribution in [0.1, 0.15) is 31.8 Å². The van der Waals surface area contributed by atoms with Crippen molar-refractivity contribution in [1.29, 1.82) is 0 Å². The molecule has 2 N–H and O–H groups in total. The highest BCUT2D eigenvalue weighted by Gasteiger charge is 2.20. The van der Waals surface area contributed by atoms with Gasteiger partial charge in [-0.15, -0.1) is 0 Å². The summed E-state index contributed by atoms with van der Waals surface area (Å²) in [7, 11) is 0. The molecular formula is C16H12O5. The molecule has 0 heterocycles. The molecule has 21 heavy (non-hydrogen) atoms. The number of carbonyl (C=O) groups excluding carboxylic acids is 1. The summed E-state index contributed by atoms with van der Waals surface area (Å²) in [4.78, 5) is 34.5. The number of benzene rings is 2. The zero-order chi connectivity index (χ0) is 15.4. The van der Waals surface area contributed by atoms with Crippen molar-refractivity contribution in [3.63, 3.8) is 0 Å². The number of carboxylic acids is 2. The molecule has 5 heteroatoms. The maximum Gasteiger partial charge on any atom is 0.336 e. The Morgan fingerprint density at radius 1 is 0.762 bits per heavy atom. The van der Waals surface area contributed by atoms with Gasteiger partial charge in [-0.1, -0.05) is 42.5 Å². The Morgan fingerprint density at radius 2 is 1.29 bits per heavy atom.